The minimum Gasteiger partial charge on any atom is -0.341 e. The molecule has 2 aromatic rings. The van der Waals surface area contributed by atoms with E-state index in [-0.39, 0.29) is 11.1 Å². The van der Waals surface area contributed by atoms with Crippen molar-refractivity contribution in [2.24, 2.45) is 5.92 Å². The Kier molecular flexibility index (Phi) is 7.15. The highest BCUT2D eigenvalue weighted by molar-refractivity contribution is 8.18. The second kappa shape index (κ2) is 10.2. The fourth-order valence-electron chi connectivity index (χ4n) is 3.46. The molecule has 4 heterocycles. The van der Waals surface area contributed by atoms with Gasteiger partial charge in [-0.15, -0.1) is 0 Å². The summed E-state index contributed by atoms with van der Waals surface area (Å²) >= 11 is 2.44. The van der Waals surface area contributed by atoms with Crippen LogP contribution in [0.2, 0.25) is 0 Å². The fraction of sp³-hybridized carbons (Fsp3) is 0.400. The molecule has 0 spiro atoms. The molecule has 0 aliphatic carbocycles. The molecule has 2 aromatic heterocycles. The van der Waals surface area contributed by atoms with E-state index in [9.17, 15) is 9.59 Å². The first kappa shape index (κ1) is 21.7. The Morgan fingerprint density at radius 3 is 2.77 bits per heavy atom. The van der Waals surface area contributed by atoms with Crippen molar-refractivity contribution in [1.29, 1.82) is 0 Å². The van der Waals surface area contributed by atoms with E-state index in [1.54, 1.807) is 36.3 Å². The van der Waals surface area contributed by atoms with E-state index in [4.69, 9.17) is 0 Å². The highest BCUT2D eigenvalue weighted by Crippen LogP contribution is 2.26. The van der Waals surface area contributed by atoms with Crippen LogP contribution in [0.1, 0.15) is 24.2 Å². The smallest absolute Gasteiger partial charge is 0.290 e. The third kappa shape index (κ3) is 5.81. The second-order valence-electron chi connectivity index (χ2n) is 7.23. The average molecular weight is 458 g/mol. The van der Waals surface area contributed by atoms with Crippen molar-refractivity contribution in [2.45, 2.75) is 24.5 Å². The van der Waals surface area contributed by atoms with Crippen LogP contribution < -0.4 is 15.5 Å². The van der Waals surface area contributed by atoms with Gasteiger partial charge >= 0.3 is 0 Å². The predicted molar refractivity (Wildman–Crippen MR) is 122 cm³/mol. The topological polar surface area (TPSA) is 113 Å². The van der Waals surface area contributed by atoms with Crippen molar-refractivity contribution in [3.8, 4) is 0 Å². The Morgan fingerprint density at radius 1 is 1.23 bits per heavy atom. The van der Waals surface area contributed by atoms with E-state index in [1.165, 1.54) is 0 Å². The third-order valence-electron chi connectivity index (χ3n) is 5.10. The van der Waals surface area contributed by atoms with Crippen molar-refractivity contribution < 1.29 is 9.59 Å². The average Bonchev–Trinajstić information content (AvgIpc) is 3.11. The molecule has 11 heteroatoms. The molecule has 2 fully saturated rings. The number of nitrogens with one attached hydrogen (secondary N) is 2. The highest BCUT2D eigenvalue weighted by atomic mass is 32.2. The largest absolute Gasteiger partial charge is 0.341 e. The molecule has 0 bridgehead atoms. The maximum Gasteiger partial charge on any atom is 0.290 e. The summed E-state index contributed by atoms with van der Waals surface area (Å²) in [4.78, 5) is 43.2. The van der Waals surface area contributed by atoms with Gasteiger partial charge in [0.15, 0.2) is 5.16 Å². The van der Waals surface area contributed by atoms with Crippen molar-refractivity contribution in [3.05, 3.63) is 40.8 Å². The van der Waals surface area contributed by atoms with E-state index in [2.05, 4.69) is 35.5 Å². The van der Waals surface area contributed by atoms with Gasteiger partial charge in [-0.05, 0) is 61.5 Å². The summed E-state index contributed by atoms with van der Waals surface area (Å²) in [5.74, 6) is 0.865. The van der Waals surface area contributed by atoms with Crippen LogP contribution in [0.3, 0.4) is 0 Å². The maximum absolute atomic E-state index is 11.7. The standard InChI is InChI=1S/C20H23N7O2S2/c1-30-19-23-7-3-15(25-19)12-21-11-13-4-8-27(9-5-13)18-22-6-2-14(24-18)10-16-17(28)26-20(29)31-16/h2-3,6-7,10,13,21H,4-5,8-9,11-12H2,1H3,(H,26,28,29)/b16-10-. The number of imide groups is 1. The van der Waals surface area contributed by atoms with Gasteiger partial charge in [0.2, 0.25) is 5.95 Å². The lowest BCUT2D eigenvalue weighted by Crippen LogP contribution is -2.38. The van der Waals surface area contributed by atoms with Gasteiger partial charge in [0.25, 0.3) is 11.1 Å². The molecule has 9 nitrogen and oxygen atoms in total. The normalized spacial score (nSPS) is 18.6. The summed E-state index contributed by atoms with van der Waals surface area (Å²) < 4.78 is 0. The summed E-state index contributed by atoms with van der Waals surface area (Å²) in [6.45, 7) is 3.44. The fourth-order valence-corrected chi connectivity index (χ4v) is 4.51. The van der Waals surface area contributed by atoms with Gasteiger partial charge in [-0.25, -0.2) is 19.9 Å². The molecule has 2 saturated heterocycles. The number of piperidine rings is 1. The number of anilines is 1. The van der Waals surface area contributed by atoms with Crippen LogP contribution in [0.25, 0.3) is 6.08 Å². The quantitative estimate of drug-likeness (QED) is 0.365. The lowest BCUT2D eigenvalue weighted by molar-refractivity contribution is -0.115. The Bertz CT molecular complexity index is 993. The predicted octanol–water partition coefficient (Wildman–Crippen LogP) is 2.32. The summed E-state index contributed by atoms with van der Waals surface area (Å²) in [6.07, 6.45) is 9.19. The van der Waals surface area contributed by atoms with Crippen LogP contribution in [-0.2, 0) is 11.3 Å². The first-order valence-electron chi connectivity index (χ1n) is 10.00. The molecule has 4 rings (SSSR count). The molecule has 0 radical (unpaired) electrons. The molecule has 2 aliphatic rings. The summed E-state index contributed by atoms with van der Waals surface area (Å²) in [6, 6.07) is 3.68. The summed E-state index contributed by atoms with van der Waals surface area (Å²) in [5.41, 5.74) is 1.63. The minimum absolute atomic E-state index is 0.354. The van der Waals surface area contributed by atoms with Crippen LogP contribution in [0, 0.1) is 5.92 Å². The first-order chi connectivity index (χ1) is 15.1. The van der Waals surface area contributed by atoms with E-state index in [1.807, 2.05) is 12.3 Å². The van der Waals surface area contributed by atoms with E-state index < -0.39 is 0 Å². The van der Waals surface area contributed by atoms with Crippen molar-refractivity contribution in [1.82, 2.24) is 30.6 Å². The van der Waals surface area contributed by atoms with Crippen LogP contribution in [0.15, 0.2) is 34.6 Å². The maximum atomic E-state index is 11.7. The van der Waals surface area contributed by atoms with Crippen molar-refractivity contribution in [2.75, 3.05) is 30.8 Å². The van der Waals surface area contributed by atoms with Gasteiger partial charge in [-0.1, -0.05) is 11.8 Å². The number of thioether (sulfide) groups is 2. The molecule has 0 aromatic carbocycles. The molecule has 2 amide bonds. The number of nitrogens with zero attached hydrogens (tertiary/aromatic N) is 5. The molecular weight excluding hydrogens is 434 g/mol. The first-order valence-corrected chi connectivity index (χ1v) is 12.0. The number of carbonyl (C=O) groups is 2. The minimum atomic E-state index is -0.380. The number of amides is 2. The number of hydrogen-bond acceptors (Lipinski definition) is 10. The number of rotatable bonds is 7. The Hall–Kier alpha value is -2.50. The number of aromatic nitrogens is 4. The van der Waals surface area contributed by atoms with Crippen LogP contribution >= 0.6 is 23.5 Å². The SMILES string of the molecule is CSc1nccc(CNCC2CCN(c3nccc(/C=C4\SC(=O)NC4=O)n3)CC2)n1. The van der Waals surface area contributed by atoms with Crippen LogP contribution in [0.5, 0.6) is 0 Å². The summed E-state index contributed by atoms with van der Waals surface area (Å²) in [5, 5.41) is 6.20. The van der Waals surface area contributed by atoms with Crippen LogP contribution in [-0.4, -0.2) is 57.0 Å². The highest BCUT2D eigenvalue weighted by Gasteiger charge is 2.25. The lowest BCUT2D eigenvalue weighted by atomic mass is 9.97. The molecule has 0 unspecified atom stereocenters. The van der Waals surface area contributed by atoms with Gasteiger partial charge in [-0.2, -0.15) is 0 Å². The zero-order chi connectivity index (χ0) is 21.6. The van der Waals surface area contributed by atoms with Crippen molar-refractivity contribution in [3.63, 3.8) is 0 Å². The van der Waals surface area contributed by atoms with Crippen molar-refractivity contribution >= 4 is 46.7 Å². The van der Waals surface area contributed by atoms with Gasteiger partial charge < -0.3 is 10.2 Å². The van der Waals surface area contributed by atoms with E-state index in [0.29, 0.717) is 22.5 Å². The Balaban J connectivity index is 1.27. The summed E-state index contributed by atoms with van der Waals surface area (Å²) in [7, 11) is 0. The van der Waals surface area contributed by atoms with E-state index in [0.717, 1.165) is 61.6 Å². The molecule has 31 heavy (non-hydrogen) atoms. The Morgan fingerprint density at radius 2 is 2.03 bits per heavy atom. The molecular formula is C20H23N7O2S2. The van der Waals surface area contributed by atoms with E-state index >= 15 is 0 Å². The Labute approximate surface area is 188 Å². The lowest BCUT2D eigenvalue weighted by Gasteiger charge is -2.32. The second-order valence-corrected chi connectivity index (χ2v) is 9.02. The molecule has 0 atom stereocenters. The monoisotopic (exact) mass is 457 g/mol. The zero-order valence-corrected chi connectivity index (χ0v) is 18.7. The van der Waals surface area contributed by atoms with Gasteiger partial charge in [0, 0.05) is 32.0 Å². The van der Waals surface area contributed by atoms with Gasteiger partial charge in [0.1, 0.15) is 0 Å². The van der Waals surface area contributed by atoms with Crippen LogP contribution in [0.4, 0.5) is 10.7 Å². The number of carbonyl (C=O) groups excluding carboxylic acids is 2. The third-order valence-corrected chi connectivity index (χ3v) is 6.47. The van der Waals surface area contributed by atoms with Gasteiger partial charge in [0.05, 0.1) is 16.3 Å². The zero-order valence-electron chi connectivity index (χ0n) is 17.1. The number of hydrogen-bond donors (Lipinski definition) is 2. The molecule has 2 N–H and O–H groups in total. The van der Waals surface area contributed by atoms with Gasteiger partial charge in [-0.3, -0.25) is 14.9 Å². The molecule has 0 saturated carbocycles. The molecule has 162 valence electrons. The molecule has 2 aliphatic heterocycles.